The van der Waals surface area contributed by atoms with Crippen LogP contribution in [0.25, 0.3) is 0 Å². The van der Waals surface area contributed by atoms with Crippen molar-refractivity contribution in [3.63, 3.8) is 0 Å². The first-order valence-electron chi connectivity index (χ1n) is 6.85. The van der Waals surface area contributed by atoms with Crippen LogP contribution in [-0.4, -0.2) is 42.2 Å². The van der Waals surface area contributed by atoms with E-state index in [0.29, 0.717) is 19.0 Å². The van der Waals surface area contributed by atoms with E-state index in [4.69, 9.17) is 4.74 Å². The average Bonchev–Trinajstić information content (AvgIpc) is 3.21. The standard InChI is InChI=1S/C14H18BrN3O2/c1-10-11(15)2-3-12(16-10)17-13(19)18-6-7-20-9-14(8-18)4-5-14/h2-3H,4-9H2,1H3,(H,16,17,19). The first-order valence-corrected chi connectivity index (χ1v) is 7.64. The van der Waals surface area contributed by atoms with Gasteiger partial charge in [-0.1, -0.05) is 0 Å². The predicted octanol–water partition coefficient (Wildman–Crippen LogP) is 2.80. The maximum Gasteiger partial charge on any atom is 0.323 e. The largest absolute Gasteiger partial charge is 0.379 e. The third-order valence-corrected chi connectivity index (χ3v) is 4.78. The predicted molar refractivity (Wildman–Crippen MR) is 79.8 cm³/mol. The number of ether oxygens (including phenoxy) is 1. The van der Waals surface area contributed by atoms with Crippen molar-refractivity contribution < 1.29 is 9.53 Å². The monoisotopic (exact) mass is 339 g/mol. The zero-order valence-corrected chi connectivity index (χ0v) is 13.1. The van der Waals surface area contributed by atoms with Gasteiger partial charge in [-0.15, -0.1) is 0 Å². The van der Waals surface area contributed by atoms with Gasteiger partial charge in [0.15, 0.2) is 0 Å². The number of amides is 2. The second kappa shape index (κ2) is 5.33. The SMILES string of the molecule is Cc1nc(NC(=O)N2CCOCC3(CC3)C2)ccc1Br. The number of hydrogen-bond acceptors (Lipinski definition) is 3. The number of rotatable bonds is 1. The minimum Gasteiger partial charge on any atom is -0.379 e. The molecule has 0 atom stereocenters. The molecule has 1 saturated carbocycles. The summed E-state index contributed by atoms with van der Waals surface area (Å²) in [4.78, 5) is 18.5. The average molecular weight is 340 g/mol. The topological polar surface area (TPSA) is 54.5 Å². The van der Waals surface area contributed by atoms with Gasteiger partial charge in [0.1, 0.15) is 5.82 Å². The van der Waals surface area contributed by atoms with Gasteiger partial charge >= 0.3 is 6.03 Å². The van der Waals surface area contributed by atoms with E-state index in [1.54, 1.807) is 6.07 Å². The molecule has 1 aromatic heterocycles. The maximum atomic E-state index is 12.3. The van der Waals surface area contributed by atoms with Crippen molar-refractivity contribution in [2.75, 3.05) is 31.6 Å². The summed E-state index contributed by atoms with van der Waals surface area (Å²) in [7, 11) is 0. The number of aryl methyl sites for hydroxylation is 1. The Bertz CT molecular complexity index is 531. The van der Waals surface area contributed by atoms with Crippen LogP contribution in [0, 0.1) is 12.3 Å². The van der Waals surface area contributed by atoms with E-state index in [9.17, 15) is 4.79 Å². The van der Waals surface area contributed by atoms with Gasteiger partial charge in [-0.05, 0) is 47.8 Å². The van der Waals surface area contributed by atoms with E-state index >= 15 is 0 Å². The van der Waals surface area contributed by atoms with E-state index in [1.807, 2.05) is 17.9 Å². The molecule has 1 spiro atoms. The van der Waals surface area contributed by atoms with Crippen molar-refractivity contribution in [1.82, 2.24) is 9.88 Å². The molecule has 1 N–H and O–H groups in total. The highest BCUT2D eigenvalue weighted by Crippen LogP contribution is 2.47. The Hall–Kier alpha value is -1.14. The van der Waals surface area contributed by atoms with Crippen LogP contribution in [-0.2, 0) is 4.74 Å². The van der Waals surface area contributed by atoms with Gasteiger partial charge in [0.05, 0.1) is 18.9 Å². The van der Waals surface area contributed by atoms with Gasteiger partial charge in [-0.2, -0.15) is 0 Å². The van der Waals surface area contributed by atoms with E-state index in [0.717, 1.165) is 36.2 Å². The van der Waals surface area contributed by atoms with Gasteiger partial charge in [0.2, 0.25) is 0 Å². The molecular formula is C14H18BrN3O2. The fourth-order valence-electron chi connectivity index (χ4n) is 2.45. The van der Waals surface area contributed by atoms with E-state index < -0.39 is 0 Å². The highest BCUT2D eigenvalue weighted by atomic mass is 79.9. The Kier molecular flexibility index (Phi) is 3.69. The van der Waals surface area contributed by atoms with Crippen LogP contribution in [0.15, 0.2) is 16.6 Å². The molecule has 20 heavy (non-hydrogen) atoms. The summed E-state index contributed by atoms with van der Waals surface area (Å²) in [5.74, 6) is 0.589. The molecule has 3 rings (SSSR count). The van der Waals surface area contributed by atoms with Crippen molar-refractivity contribution >= 4 is 27.8 Å². The molecule has 0 aromatic carbocycles. The normalized spacial score (nSPS) is 20.6. The molecular weight excluding hydrogens is 322 g/mol. The number of anilines is 1. The lowest BCUT2D eigenvalue weighted by atomic mass is 10.1. The summed E-state index contributed by atoms with van der Waals surface area (Å²) in [6.07, 6.45) is 2.32. The highest BCUT2D eigenvalue weighted by Gasteiger charge is 2.46. The molecule has 0 radical (unpaired) electrons. The Labute approximate surface area is 126 Å². The van der Waals surface area contributed by atoms with Gasteiger partial charge < -0.3 is 9.64 Å². The van der Waals surface area contributed by atoms with Crippen molar-refractivity contribution in [3.8, 4) is 0 Å². The Morgan fingerprint density at radius 2 is 2.30 bits per heavy atom. The summed E-state index contributed by atoms with van der Waals surface area (Å²) < 4.78 is 6.53. The van der Waals surface area contributed by atoms with Gasteiger partial charge in [-0.3, -0.25) is 5.32 Å². The van der Waals surface area contributed by atoms with Gasteiger partial charge in [0.25, 0.3) is 0 Å². The van der Waals surface area contributed by atoms with Crippen molar-refractivity contribution in [1.29, 1.82) is 0 Å². The zero-order valence-electron chi connectivity index (χ0n) is 11.5. The Balaban J connectivity index is 1.67. The van der Waals surface area contributed by atoms with E-state index in [2.05, 4.69) is 26.2 Å². The Morgan fingerprint density at radius 3 is 3.00 bits per heavy atom. The Morgan fingerprint density at radius 1 is 1.50 bits per heavy atom. The number of aromatic nitrogens is 1. The fraction of sp³-hybridized carbons (Fsp3) is 0.571. The molecule has 0 unspecified atom stereocenters. The first kappa shape index (κ1) is 13.8. The molecule has 108 valence electrons. The number of carbonyl (C=O) groups excluding carboxylic acids is 1. The van der Waals surface area contributed by atoms with Crippen LogP contribution in [0.4, 0.5) is 10.6 Å². The number of carbonyl (C=O) groups is 1. The molecule has 1 saturated heterocycles. The summed E-state index contributed by atoms with van der Waals surface area (Å²) in [6, 6.07) is 3.61. The molecule has 1 aliphatic carbocycles. The number of nitrogens with one attached hydrogen (secondary N) is 1. The molecule has 2 amide bonds. The minimum absolute atomic E-state index is 0.0870. The minimum atomic E-state index is -0.0870. The molecule has 0 bridgehead atoms. The zero-order chi connectivity index (χ0) is 14.2. The lowest BCUT2D eigenvalue weighted by Crippen LogP contribution is -2.39. The molecule has 6 heteroatoms. The number of nitrogens with zero attached hydrogens (tertiary/aromatic N) is 2. The van der Waals surface area contributed by atoms with Crippen LogP contribution in [0.3, 0.4) is 0 Å². The van der Waals surface area contributed by atoms with Crippen LogP contribution < -0.4 is 5.32 Å². The van der Waals surface area contributed by atoms with Crippen molar-refractivity contribution in [2.45, 2.75) is 19.8 Å². The van der Waals surface area contributed by atoms with Crippen LogP contribution in [0.2, 0.25) is 0 Å². The van der Waals surface area contributed by atoms with Crippen molar-refractivity contribution in [3.05, 3.63) is 22.3 Å². The number of urea groups is 1. The van der Waals surface area contributed by atoms with Crippen LogP contribution >= 0.6 is 15.9 Å². The van der Waals surface area contributed by atoms with E-state index in [1.165, 1.54) is 0 Å². The quantitative estimate of drug-likeness (QED) is 0.855. The van der Waals surface area contributed by atoms with Crippen LogP contribution in [0.5, 0.6) is 0 Å². The maximum absolute atomic E-state index is 12.3. The highest BCUT2D eigenvalue weighted by molar-refractivity contribution is 9.10. The summed E-state index contributed by atoms with van der Waals surface area (Å²) in [5.41, 5.74) is 1.08. The lowest BCUT2D eigenvalue weighted by Gasteiger charge is -2.23. The number of hydrogen-bond donors (Lipinski definition) is 1. The van der Waals surface area contributed by atoms with Crippen LogP contribution in [0.1, 0.15) is 18.5 Å². The molecule has 1 aliphatic heterocycles. The fourth-order valence-corrected chi connectivity index (χ4v) is 2.67. The first-order chi connectivity index (χ1) is 9.58. The molecule has 5 nitrogen and oxygen atoms in total. The molecule has 2 aliphatic rings. The van der Waals surface area contributed by atoms with Gasteiger partial charge in [0, 0.05) is 23.0 Å². The summed E-state index contributed by atoms with van der Waals surface area (Å²) in [5, 5.41) is 2.87. The summed E-state index contributed by atoms with van der Waals surface area (Å²) in [6.45, 7) is 4.73. The smallest absolute Gasteiger partial charge is 0.323 e. The summed E-state index contributed by atoms with van der Waals surface area (Å²) >= 11 is 3.40. The lowest BCUT2D eigenvalue weighted by molar-refractivity contribution is 0.115. The number of halogens is 1. The molecule has 2 fully saturated rings. The third kappa shape index (κ3) is 2.96. The second-order valence-corrected chi connectivity index (χ2v) is 6.52. The van der Waals surface area contributed by atoms with E-state index in [-0.39, 0.29) is 11.4 Å². The third-order valence-electron chi connectivity index (χ3n) is 3.94. The van der Waals surface area contributed by atoms with Crippen molar-refractivity contribution in [2.24, 2.45) is 5.41 Å². The molecule has 1 aromatic rings. The van der Waals surface area contributed by atoms with Gasteiger partial charge in [-0.25, -0.2) is 9.78 Å². The number of pyridine rings is 1. The molecule has 2 heterocycles. The second-order valence-electron chi connectivity index (χ2n) is 5.67.